The van der Waals surface area contributed by atoms with Crippen molar-refractivity contribution in [2.45, 2.75) is 50.2 Å². The molecule has 0 bridgehead atoms. The van der Waals surface area contributed by atoms with Crippen LogP contribution < -0.4 is 0 Å². The number of hydrogen-bond donors (Lipinski definition) is 1. The van der Waals surface area contributed by atoms with Crippen LogP contribution >= 0.6 is 0 Å². The Bertz CT molecular complexity index is 672. The Morgan fingerprint density at radius 2 is 1.81 bits per heavy atom. The Hall–Kier alpha value is -1.32. The van der Waals surface area contributed by atoms with Crippen molar-refractivity contribution in [2.24, 2.45) is 0 Å². The molecule has 0 saturated carbocycles. The summed E-state index contributed by atoms with van der Waals surface area (Å²) in [7, 11) is -3.58. The Labute approximate surface area is 176 Å². The number of aliphatic hydroxyl groups excluding tert-OH is 1. The molecule has 1 rings (SSSR count). The van der Waals surface area contributed by atoms with E-state index in [1.54, 1.807) is 0 Å². The van der Waals surface area contributed by atoms with E-state index < -0.39 is 53.0 Å². The third-order valence-electron chi connectivity index (χ3n) is 4.57. The highest BCUT2D eigenvalue weighted by Crippen LogP contribution is 2.24. The summed E-state index contributed by atoms with van der Waals surface area (Å²) in [6, 6.07) is -0.866. The van der Waals surface area contributed by atoms with Crippen LogP contribution in [0.5, 0.6) is 0 Å². The average Bonchev–Trinajstić information content (AvgIpc) is 2.66. The van der Waals surface area contributed by atoms with E-state index in [1.165, 1.54) is 0 Å². The van der Waals surface area contributed by atoms with Crippen molar-refractivity contribution in [3.8, 4) is 0 Å². The maximum atomic E-state index is 12.7. The zero-order valence-corrected chi connectivity index (χ0v) is 17.6. The topological polar surface area (TPSA) is 96.4 Å². The normalized spacial score (nSPS) is 21.5. The predicted octanol–water partition coefficient (Wildman–Crippen LogP) is 2.13. The van der Waals surface area contributed by atoms with Crippen LogP contribution in [-0.4, -0.2) is 99.0 Å². The van der Waals surface area contributed by atoms with Crippen LogP contribution in [0.4, 0.5) is 31.1 Å². The average molecular weight is 488 g/mol. The van der Waals surface area contributed by atoms with E-state index in [2.05, 4.69) is 4.74 Å². The highest BCUT2D eigenvalue weighted by molar-refractivity contribution is 7.89. The molecule has 1 amide bonds. The molecule has 1 aliphatic rings. The molecule has 1 saturated heterocycles. The van der Waals surface area contributed by atoms with Crippen LogP contribution in [0.3, 0.4) is 0 Å². The first-order chi connectivity index (χ1) is 14.2. The van der Waals surface area contributed by atoms with Crippen LogP contribution in [0.2, 0.25) is 0 Å². The first kappa shape index (κ1) is 27.7. The number of carbonyl (C=O) groups excluding carboxylic acids is 1. The largest absolute Gasteiger partial charge is 0.434 e. The summed E-state index contributed by atoms with van der Waals surface area (Å²) in [5.41, 5.74) is 0. The molecule has 1 N–H and O–H groups in total. The smallest absolute Gasteiger partial charge is 0.427 e. The third-order valence-corrected chi connectivity index (χ3v) is 6.44. The fourth-order valence-corrected chi connectivity index (χ4v) is 4.10. The van der Waals surface area contributed by atoms with E-state index in [-0.39, 0.29) is 52.0 Å². The van der Waals surface area contributed by atoms with Gasteiger partial charge in [-0.05, 0) is 19.3 Å². The molecule has 0 aromatic heterocycles. The SMILES string of the molecule is CN([C@@H]1CCCCN(C(=O)O[C@H](CO)C(F)(F)F)CCCOC1)S(=O)(=O)CC(F)(F)F. The van der Waals surface area contributed by atoms with Crippen molar-refractivity contribution in [3.05, 3.63) is 0 Å². The molecule has 0 aromatic rings. The van der Waals surface area contributed by atoms with Gasteiger partial charge >= 0.3 is 18.4 Å². The van der Waals surface area contributed by atoms with Gasteiger partial charge in [0, 0.05) is 32.8 Å². The van der Waals surface area contributed by atoms with Gasteiger partial charge in [-0.25, -0.2) is 13.2 Å². The van der Waals surface area contributed by atoms with E-state index >= 15 is 0 Å². The van der Waals surface area contributed by atoms with Gasteiger partial charge in [0.2, 0.25) is 16.1 Å². The molecule has 0 spiro atoms. The van der Waals surface area contributed by atoms with Gasteiger partial charge in [0.15, 0.2) is 5.75 Å². The molecule has 1 heterocycles. The molecule has 1 fully saturated rings. The number of amides is 1. The van der Waals surface area contributed by atoms with Gasteiger partial charge < -0.3 is 19.5 Å². The Morgan fingerprint density at radius 3 is 2.35 bits per heavy atom. The van der Waals surface area contributed by atoms with Gasteiger partial charge in [-0.2, -0.15) is 30.6 Å². The Balaban J connectivity index is 2.74. The summed E-state index contributed by atoms with van der Waals surface area (Å²) >= 11 is 0. The molecule has 31 heavy (non-hydrogen) atoms. The number of aliphatic hydroxyl groups is 1. The summed E-state index contributed by atoms with van der Waals surface area (Å²) in [6.07, 6.45) is -12.9. The zero-order chi connectivity index (χ0) is 23.9. The summed E-state index contributed by atoms with van der Waals surface area (Å²) < 4.78 is 110. The van der Waals surface area contributed by atoms with Gasteiger partial charge in [0.1, 0.15) is 0 Å². The van der Waals surface area contributed by atoms with Gasteiger partial charge in [-0.3, -0.25) is 0 Å². The minimum Gasteiger partial charge on any atom is -0.434 e. The molecule has 8 nitrogen and oxygen atoms in total. The molecule has 0 aromatic carbocycles. The van der Waals surface area contributed by atoms with Crippen molar-refractivity contribution >= 4 is 16.1 Å². The number of nitrogens with zero attached hydrogens (tertiary/aromatic N) is 2. The van der Waals surface area contributed by atoms with Gasteiger partial charge in [-0.1, -0.05) is 6.42 Å². The van der Waals surface area contributed by atoms with Crippen molar-refractivity contribution < 1.29 is 54.1 Å². The molecule has 184 valence electrons. The lowest BCUT2D eigenvalue weighted by Crippen LogP contribution is -2.44. The van der Waals surface area contributed by atoms with E-state index in [9.17, 15) is 39.6 Å². The van der Waals surface area contributed by atoms with Gasteiger partial charge in [-0.15, -0.1) is 0 Å². The molecule has 1 aliphatic heterocycles. The summed E-state index contributed by atoms with van der Waals surface area (Å²) in [4.78, 5) is 13.1. The molecule has 2 atom stereocenters. The number of sulfonamides is 1. The van der Waals surface area contributed by atoms with Crippen molar-refractivity contribution in [1.29, 1.82) is 0 Å². The van der Waals surface area contributed by atoms with Gasteiger partial charge in [0.05, 0.1) is 13.2 Å². The molecular formula is C16H26F6N2O6S. The third kappa shape index (κ3) is 9.78. The zero-order valence-electron chi connectivity index (χ0n) is 16.8. The molecule has 0 unspecified atom stereocenters. The molecule has 15 heteroatoms. The fourth-order valence-electron chi connectivity index (χ4n) is 2.86. The van der Waals surface area contributed by atoms with Crippen LogP contribution in [0.1, 0.15) is 25.7 Å². The highest BCUT2D eigenvalue weighted by atomic mass is 32.2. The maximum absolute atomic E-state index is 12.7. The lowest BCUT2D eigenvalue weighted by Gasteiger charge is -2.27. The Morgan fingerprint density at radius 1 is 1.19 bits per heavy atom. The minimum atomic E-state index is -4.93. The van der Waals surface area contributed by atoms with E-state index in [1.807, 2.05) is 0 Å². The van der Waals surface area contributed by atoms with Crippen LogP contribution in [-0.2, 0) is 19.5 Å². The summed E-state index contributed by atoms with van der Waals surface area (Å²) in [6.45, 7) is -1.62. The number of ether oxygens (including phenoxy) is 2. The lowest BCUT2D eigenvalue weighted by molar-refractivity contribution is -0.214. The lowest BCUT2D eigenvalue weighted by atomic mass is 10.1. The van der Waals surface area contributed by atoms with E-state index in [4.69, 9.17) is 9.84 Å². The number of hydrogen-bond acceptors (Lipinski definition) is 6. The quantitative estimate of drug-likeness (QED) is 0.596. The summed E-state index contributed by atoms with van der Waals surface area (Å²) in [5, 5.41) is 8.79. The first-order valence-corrected chi connectivity index (χ1v) is 11.0. The standard InChI is InChI=1S/C16H26F6N2O6S/c1-23(31(27,28)11-15(17,18)19)12-5-2-3-6-24(7-4-8-29-10-12)14(26)30-13(9-25)16(20,21)22/h12-13,25H,2-11H2,1H3/t12-,13-/m1/s1. The van der Waals surface area contributed by atoms with Crippen molar-refractivity contribution in [2.75, 3.05) is 45.7 Å². The maximum Gasteiger partial charge on any atom is 0.427 e. The minimum absolute atomic E-state index is 0.00383. The molecule has 0 aliphatic carbocycles. The van der Waals surface area contributed by atoms with Crippen molar-refractivity contribution in [1.82, 2.24) is 9.21 Å². The van der Waals surface area contributed by atoms with Gasteiger partial charge in [0.25, 0.3) is 0 Å². The highest BCUT2D eigenvalue weighted by Gasteiger charge is 2.43. The number of carbonyl (C=O) groups is 1. The molecular weight excluding hydrogens is 462 g/mol. The number of halogens is 6. The number of likely N-dealkylation sites (N-methyl/N-ethyl adjacent to an activating group) is 1. The van der Waals surface area contributed by atoms with Crippen LogP contribution in [0.15, 0.2) is 0 Å². The van der Waals surface area contributed by atoms with Crippen LogP contribution in [0, 0.1) is 0 Å². The summed E-state index contributed by atoms with van der Waals surface area (Å²) in [5.74, 6) is -2.00. The second kappa shape index (κ2) is 11.5. The fraction of sp³-hybridized carbons (Fsp3) is 0.938. The first-order valence-electron chi connectivity index (χ1n) is 9.40. The second-order valence-electron chi connectivity index (χ2n) is 7.05. The van der Waals surface area contributed by atoms with Crippen molar-refractivity contribution in [3.63, 3.8) is 0 Å². The van der Waals surface area contributed by atoms with Crippen LogP contribution in [0.25, 0.3) is 0 Å². The number of alkyl halides is 6. The van der Waals surface area contributed by atoms with E-state index in [0.29, 0.717) is 4.31 Å². The second-order valence-corrected chi connectivity index (χ2v) is 9.08. The van der Waals surface area contributed by atoms with E-state index in [0.717, 1.165) is 11.9 Å². The number of rotatable bonds is 5. The predicted molar refractivity (Wildman–Crippen MR) is 95.7 cm³/mol. The molecule has 0 radical (unpaired) electrons. The Kier molecular flexibility index (Phi) is 10.3. The monoisotopic (exact) mass is 488 g/mol.